The summed E-state index contributed by atoms with van der Waals surface area (Å²) in [5, 5.41) is 0. The summed E-state index contributed by atoms with van der Waals surface area (Å²) in [6.45, 7) is 5.82. The Hall–Kier alpha value is -3.13. The van der Waals surface area contributed by atoms with Crippen LogP contribution in [0.25, 0.3) is 10.2 Å². The SMILES string of the molecule is CCOC(=O)Cn1c(=NC(=O)c2ccc(OC(C)C)cc2)sc2cccc(OC)c21. The van der Waals surface area contributed by atoms with Crippen molar-refractivity contribution in [3.8, 4) is 11.5 Å². The first-order chi connectivity index (χ1) is 14.4. The molecule has 0 saturated heterocycles. The summed E-state index contributed by atoms with van der Waals surface area (Å²) in [6.07, 6.45) is 0.0478. The maximum absolute atomic E-state index is 12.8. The molecule has 0 aliphatic heterocycles. The Morgan fingerprint density at radius 2 is 1.87 bits per heavy atom. The van der Waals surface area contributed by atoms with Crippen molar-refractivity contribution < 1.29 is 23.8 Å². The molecule has 2 aromatic carbocycles. The van der Waals surface area contributed by atoms with Crippen LogP contribution in [0, 0.1) is 0 Å². The van der Waals surface area contributed by atoms with Gasteiger partial charge in [-0.3, -0.25) is 9.59 Å². The van der Waals surface area contributed by atoms with E-state index in [2.05, 4.69) is 4.99 Å². The van der Waals surface area contributed by atoms with Crippen LogP contribution in [0.5, 0.6) is 11.5 Å². The molecule has 7 nitrogen and oxygen atoms in total. The summed E-state index contributed by atoms with van der Waals surface area (Å²) in [5.74, 6) is 0.462. The van der Waals surface area contributed by atoms with Crippen molar-refractivity contribution in [2.75, 3.05) is 13.7 Å². The summed E-state index contributed by atoms with van der Waals surface area (Å²) in [7, 11) is 1.56. The fourth-order valence-corrected chi connectivity index (χ4v) is 3.98. The predicted molar refractivity (Wildman–Crippen MR) is 115 cm³/mol. The first-order valence-corrected chi connectivity index (χ1v) is 10.4. The average molecular weight is 429 g/mol. The maximum atomic E-state index is 12.8. The molecular formula is C22H24N2O5S. The Morgan fingerprint density at radius 1 is 1.13 bits per heavy atom. The van der Waals surface area contributed by atoms with E-state index in [-0.39, 0.29) is 19.3 Å². The zero-order valence-corrected chi connectivity index (χ0v) is 18.2. The van der Waals surface area contributed by atoms with E-state index in [1.54, 1.807) is 48.9 Å². The van der Waals surface area contributed by atoms with Gasteiger partial charge in [0, 0.05) is 5.56 Å². The normalized spacial score (nSPS) is 11.7. The molecule has 3 rings (SSSR count). The molecule has 0 atom stereocenters. The quantitative estimate of drug-likeness (QED) is 0.535. The van der Waals surface area contributed by atoms with Crippen LogP contribution in [-0.2, 0) is 16.1 Å². The van der Waals surface area contributed by atoms with Crippen molar-refractivity contribution >= 4 is 33.4 Å². The average Bonchev–Trinajstić information content (AvgIpc) is 3.05. The molecular weight excluding hydrogens is 404 g/mol. The van der Waals surface area contributed by atoms with Crippen molar-refractivity contribution in [3.05, 3.63) is 52.8 Å². The van der Waals surface area contributed by atoms with Crippen LogP contribution in [0.1, 0.15) is 31.1 Å². The van der Waals surface area contributed by atoms with E-state index in [0.29, 0.717) is 27.4 Å². The topological polar surface area (TPSA) is 79.1 Å². The number of amides is 1. The van der Waals surface area contributed by atoms with E-state index in [0.717, 1.165) is 4.70 Å². The highest BCUT2D eigenvalue weighted by molar-refractivity contribution is 7.16. The number of benzene rings is 2. The lowest BCUT2D eigenvalue weighted by molar-refractivity contribution is -0.143. The number of ether oxygens (including phenoxy) is 3. The zero-order chi connectivity index (χ0) is 21.7. The third-order valence-electron chi connectivity index (χ3n) is 4.15. The Bertz CT molecular complexity index is 1110. The molecule has 8 heteroatoms. The fourth-order valence-electron chi connectivity index (χ4n) is 2.93. The number of fused-ring (bicyclic) bond motifs is 1. The Morgan fingerprint density at radius 3 is 2.50 bits per heavy atom. The number of hydrogen-bond acceptors (Lipinski definition) is 6. The number of rotatable bonds is 7. The molecule has 1 heterocycles. The summed E-state index contributed by atoms with van der Waals surface area (Å²) < 4.78 is 18.7. The van der Waals surface area contributed by atoms with Gasteiger partial charge in [-0.05, 0) is 57.2 Å². The van der Waals surface area contributed by atoms with Gasteiger partial charge in [0.2, 0.25) is 0 Å². The molecule has 0 aliphatic rings. The predicted octanol–water partition coefficient (Wildman–Crippen LogP) is 3.80. The van der Waals surface area contributed by atoms with Crippen LogP contribution in [0.2, 0.25) is 0 Å². The van der Waals surface area contributed by atoms with Crippen LogP contribution in [0.3, 0.4) is 0 Å². The zero-order valence-electron chi connectivity index (χ0n) is 17.4. The van der Waals surface area contributed by atoms with Gasteiger partial charge in [0.15, 0.2) is 4.80 Å². The van der Waals surface area contributed by atoms with Crippen molar-refractivity contribution in [2.45, 2.75) is 33.4 Å². The van der Waals surface area contributed by atoms with Crippen LogP contribution < -0.4 is 14.3 Å². The lowest BCUT2D eigenvalue weighted by atomic mass is 10.2. The van der Waals surface area contributed by atoms with Crippen LogP contribution in [0.4, 0.5) is 0 Å². The number of carbonyl (C=O) groups is 2. The van der Waals surface area contributed by atoms with Gasteiger partial charge in [0.25, 0.3) is 5.91 Å². The van der Waals surface area contributed by atoms with Gasteiger partial charge in [-0.1, -0.05) is 17.4 Å². The largest absolute Gasteiger partial charge is 0.495 e. The Kier molecular flexibility index (Phi) is 6.89. The molecule has 0 unspecified atom stereocenters. The van der Waals surface area contributed by atoms with Crippen molar-refractivity contribution in [1.82, 2.24) is 4.57 Å². The van der Waals surface area contributed by atoms with E-state index in [1.807, 2.05) is 26.0 Å². The molecule has 1 aromatic heterocycles. The number of para-hydroxylation sites is 1. The molecule has 158 valence electrons. The summed E-state index contributed by atoms with van der Waals surface area (Å²) >= 11 is 1.31. The van der Waals surface area contributed by atoms with Gasteiger partial charge in [0.1, 0.15) is 23.6 Å². The minimum atomic E-state index is -0.410. The Labute approximate surface area is 178 Å². The lowest BCUT2D eigenvalue weighted by Crippen LogP contribution is -2.23. The minimum absolute atomic E-state index is 0.0478. The number of carbonyl (C=O) groups excluding carboxylic acids is 2. The highest BCUT2D eigenvalue weighted by Gasteiger charge is 2.16. The van der Waals surface area contributed by atoms with Crippen molar-refractivity contribution in [1.29, 1.82) is 0 Å². The maximum Gasteiger partial charge on any atom is 0.326 e. The molecule has 0 saturated carbocycles. The fraction of sp³-hybridized carbons (Fsp3) is 0.318. The van der Waals surface area contributed by atoms with Gasteiger partial charge in [-0.15, -0.1) is 0 Å². The van der Waals surface area contributed by atoms with E-state index in [4.69, 9.17) is 14.2 Å². The molecule has 0 fully saturated rings. The molecule has 0 N–H and O–H groups in total. The second-order valence-corrected chi connectivity index (χ2v) is 7.70. The summed E-state index contributed by atoms with van der Waals surface area (Å²) in [4.78, 5) is 29.6. The summed E-state index contributed by atoms with van der Waals surface area (Å²) in [6, 6.07) is 12.4. The van der Waals surface area contributed by atoms with Gasteiger partial charge in [0.05, 0.1) is 24.5 Å². The molecule has 0 aliphatic carbocycles. The molecule has 30 heavy (non-hydrogen) atoms. The van der Waals surface area contributed by atoms with E-state index < -0.39 is 11.9 Å². The van der Waals surface area contributed by atoms with Gasteiger partial charge in [-0.2, -0.15) is 4.99 Å². The number of thiazole rings is 1. The second kappa shape index (κ2) is 9.58. The minimum Gasteiger partial charge on any atom is -0.495 e. The number of hydrogen-bond donors (Lipinski definition) is 0. The van der Waals surface area contributed by atoms with Crippen molar-refractivity contribution in [2.24, 2.45) is 4.99 Å². The van der Waals surface area contributed by atoms with Crippen LogP contribution >= 0.6 is 11.3 Å². The standard InChI is InChI=1S/C22H24N2O5S/c1-5-28-19(25)13-24-20-17(27-4)7-6-8-18(20)30-22(24)23-21(26)15-9-11-16(12-10-15)29-14(2)3/h6-12,14H,5,13H2,1-4H3. The number of methoxy groups -OCH3 is 1. The first kappa shape index (κ1) is 21.6. The second-order valence-electron chi connectivity index (χ2n) is 6.69. The molecule has 0 radical (unpaired) electrons. The van der Waals surface area contributed by atoms with Gasteiger partial charge in [-0.25, -0.2) is 0 Å². The molecule has 1 amide bonds. The monoisotopic (exact) mass is 428 g/mol. The Balaban J connectivity index is 2.04. The van der Waals surface area contributed by atoms with E-state index in [1.165, 1.54) is 11.3 Å². The van der Waals surface area contributed by atoms with E-state index >= 15 is 0 Å². The van der Waals surface area contributed by atoms with E-state index in [9.17, 15) is 9.59 Å². The molecule has 0 bridgehead atoms. The molecule has 0 spiro atoms. The number of aromatic nitrogens is 1. The highest BCUT2D eigenvalue weighted by Crippen LogP contribution is 2.27. The third kappa shape index (κ3) is 4.88. The lowest BCUT2D eigenvalue weighted by Gasteiger charge is -2.09. The van der Waals surface area contributed by atoms with Crippen LogP contribution in [0.15, 0.2) is 47.5 Å². The number of esters is 1. The summed E-state index contributed by atoms with van der Waals surface area (Å²) in [5.41, 5.74) is 1.13. The van der Waals surface area contributed by atoms with Crippen molar-refractivity contribution in [3.63, 3.8) is 0 Å². The smallest absolute Gasteiger partial charge is 0.326 e. The van der Waals surface area contributed by atoms with Gasteiger partial charge < -0.3 is 18.8 Å². The third-order valence-corrected chi connectivity index (χ3v) is 5.19. The number of nitrogens with zero attached hydrogens (tertiary/aromatic N) is 2. The highest BCUT2D eigenvalue weighted by atomic mass is 32.1. The van der Waals surface area contributed by atoms with Gasteiger partial charge >= 0.3 is 5.97 Å². The first-order valence-electron chi connectivity index (χ1n) is 9.60. The van der Waals surface area contributed by atoms with Crippen LogP contribution in [-0.4, -0.2) is 36.3 Å². The molecule has 3 aromatic rings.